The summed E-state index contributed by atoms with van der Waals surface area (Å²) in [6.45, 7) is 1.57. The fourth-order valence-corrected chi connectivity index (χ4v) is 1.50. The smallest absolute Gasteiger partial charge is 0.222 e. The number of nitrogens with zero attached hydrogens (tertiary/aromatic N) is 2. The lowest BCUT2D eigenvalue weighted by Crippen LogP contribution is -2.19. The van der Waals surface area contributed by atoms with Crippen LogP contribution >= 0.6 is 0 Å². The largest absolute Gasteiger partial charge is 0.376 e. The summed E-state index contributed by atoms with van der Waals surface area (Å²) < 4.78 is 5.45. The lowest BCUT2D eigenvalue weighted by Gasteiger charge is -2.09. The SMILES string of the molecule is O=Cc1cnc(NCC2CCCO2)nc1. The highest BCUT2D eigenvalue weighted by Gasteiger charge is 2.14. The van der Waals surface area contributed by atoms with Crippen LogP contribution in [0.4, 0.5) is 5.95 Å². The highest BCUT2D eigenvalue weighted by Crippen LogP contribution is 2.11. The van der Waals surface area contributed by atoms with Crippen LogP contribution in [0.15, 0.2) is 12.4 Å². The van der Waals surface area contributed by atoms with Crippen LogP contribution in [0.3, 0.4) is 0 Å². The van der Waals surface area contributed by atoms with E-state index in [4.69, 9.17) is 4.74 Å². The third-order valence-corrected chi connectivity index (χ3v) is 2.32. The summed E-state index contributed by atoms with van der Waals surface area (Å²) in [5.41, 5.74) is 0.484. The maximum atomic E-state index is 10.4. The minimum atomic E-state index is 0.263. The second-order valence-electron chi connectivity index (χ2n) is 3.47. The molecule has 2 rings (SSSR count). The van der Waals surface area contributed by atoms with Gasteiger partial charge in [-0.15, -0.1) is 0 Å². The summed E-state index contributed by atoms with van der Waals surface area (Å²) in [6, 6.07) is 0. The van der Waals surface area contributed by atoms with Crippen LogP contribution in [-0.2, 0) is 4.74 Å². The van der Waals surface area contributed by atoms with Crippen LogP contribution in [0, 0.1) is 0 Å². The molecule has 0 aliphatic carbocycles. The normalized spacial score (nSPS) is 20.1. The summed E-state index contributed by atoms with van der Waals surface area (Å²) in [5.74, 6) is 0.538. The van der Waals surface area contributed by atoms with Gasteiger partial charge in [-0.05, 0) is 12.8 Å². The Morgan fingerprint density at radius 1 is 1.53 bits per heavy atom. The molecule has 1 atom stereocenters. The first-order chi connectivity index (χ1) is 7.38. The summed E-state index contributed by atoms with van der Waals surface area (Å²) in [5, 5.41) is 3.07. The lowest BCUT2D eigenvalue weighted by atomic mass is 10.2. The van der Waals surface area contributed by atoms with Crippen LogP contribution in [0.1, 0.15) is 23.2 Å². The zero-order valence-corrected chi connectivity index (χ0v) is 8.35. The molecule has 1 aromatic heterocycles. The minimum absolute atomic E-state index is 0.263. The molecule has 0 radical (unpaired) electrons. The standard InChI is InChI=1S/C10H13N3O2/c14-7-8-4-11-10(12-5-8)13-6-9-2-1-3-15-9/h4-5,7,9H,1-3,6H2,(H,11,12,13). The Kier molecular flexibility index (Phi) is 3.24. The minimum Gasteiger partial charge on any atom is -0.376 e. The maximum Gasteiger partial charge on any atom is 0.222 e. The number of rotatable bonds is 4. The summed E-state index contributed by atoms with van der Waals surface area (Å²) in [7, 11) is 0. The van der Waals surface area contributed by atoms with Gasteiger partial charge in [0.2, 0.25) is 5.95 Å². The number of nitrogens with one attached hydrogen (secondary N) is 1. The second-order valence-corrected chi connectivity index (χ2v) is 3.47. The third kappa shape index (κ3) is 2.73. The van der Waals surface area contributed by atoms with Gasteiger partial charge in [-0.25, -0.2) is 9.97 Å². The van der Waals surface area contributed by atoms with Crippen molar-refractivity contribution < 1.29 is 9.53 Å². The van der Waals surface area contributed by atoms with Crippen LogP contribution < -0.4 is 5.32 Å². The van der Waals surface area contributed by atoms with Crippen molar-refractivity contribution in [1.29, 1.82) is 0 Å². The van der Waals surface area contributed by atoms with Crippen molar-refractivity contribution in [1.82, 2.24) is 9.97 Å². The van der Waals surface area contributed by atoms with E-state index in [1.165, 1.54) is 12.4 Å². The van der Waals surface area contributed by atoms with E-state index >= 15 is 0 Å². The average Bonchev–Trinajstić information content (AvgIpc) is 2.80. The van der Waals surface area contributed by atoms with E-state index in [-0.39, 0.29) is 6.10 Å². The Labute approximate surface area is 87.9 Å². The van der Waals surface area contributed by atoms with Crippen molar-refractivity contribution in [2.45, 2.75) is 18.9 Å². The summed E-state index contributed by atoms with van der Waals surface area (Å²) >= 11 is 0. The predicted molar refractivity (Wildman–Crippen MR) is 54.9 cm³/mol. The van der Waals surface area contributed by atoms with E-state index in [9.17, 15) is 4.79 Å². The van der Waals surface area contributed by atoms with Crippen molar-refractivity contribution in [2.75, 3.05) is 18.5 Å². The molecule has 0 bridgehead atoms. The van der Waals surface area contributed by atoms with E-state index in [0.29, 0.717) is 11.5 Å². The topological polar surface area (TPSA) is 64.1 Å². The van der Waals surface area contributed by atoms with Crippen LogP contribution in [0.25, 0.3) is 0 Å². The molecule has 1 unspecified atom stereocenters. The number of carbonyl (C=O) groups excluding carboxylic acids is 1. The number of carbonyl (C=O) groups is 1. The summed E-state index contributed by atoms with van der Waals surface area (Å²) in [4.78, 5) is 18.4. The van der Waals surface area contributed by atoms with Crippen molar-refractivity contribution in [3.05, 3.63) is 18.0 Å². The first kappa shape index (κ1) is 10.0. The molecule has 0 saturated carbocycles. The average molecular weight is 207 g/mol. The van der Waals surface area contributed by atoms with E-state index in [0.717, 1.165) is 32.3 Å². The van der Waals surface area contributed by atoms with Crippen molar-refractivity contribution in [3.8, 4) is 0 Å². The number of aromatic nitrogens is 2. The van der Waals surface area contributed by atoms with Gasteiger partial charge in [-0.1, -0.05) is 0 Å². The van der Waals surface area contributed by atoms with Crippen molar-refractivity contribution >= 4 is 12.2 Å². The molecule has 2 heterocycles. The van der Waals surface area contributed by atoms with Crippen LogP contribution in [0.5, 0.6) is 0 Å². The third-order valence-electron chi connectivity index (χ3n) is 2.32. The number of hydrogen-bond acceptors (Lipinski definition) is 5. The molecular weight excluding hydrogens is 194 g/mol. The first-order valence-corrected chi connectivity index (χ1v) is 5.01. The van der Waals surface area contributed by atoms with Gasteiger partial charge in [-0.3, -0.25) is 4.79 Å². The molecule has 0 spiro atoms. The van der Waals surface area contributed by atoms with Crippen molar-refractivity contribution in [3.63, 3.8) is 0 Å². The van der Waals surface area contributed by atoms with E-state index in [1.54, 1.807) is 0 Å². The number of hydrogen-bond donors (Lipinski definition) is 1. The lowest BCUT2D eigenvalue weighted by molar-refractivity contribution is 0.112. The van der Waals surface area contributed by atoms with Crippen molar-refractivity contribution in [2.24, 2.45) is 0 Å². The van der Waals surface area contributed by atoms with Gasteiger partial charge in [0.25, 0.3) is 0 Å². The molecule has 15 heavy (non-hydrogen) atoms. The monoisotopic (exact) mass is 207 g/mol. The quantitative estimate of drug-likeness (QED) is 0.742. The molecule has 0 amide bonds. The molecule has 1 aliphatic rings. The van der Waals surface area contributed by atoms with Crippen LogP contribution in [0.2, 0.25) is 0 Å². The zero-order chi connectivity index (χ0) is 10.5. The second kappa shape index (κ2) is 4.84. The molecule has 1 N–H and O–H groups in total. The van der Waals surface area contributed by atoms with Gasteiger partial charge >= 0.3 is 0 Å². The molecule has 80 valence electrons. The van der Waals surface area contributed by atoms with Gasteiger partial charge in [-0.2, -0.15) is 0 Å². The molecular formula is C10H13N3O2. The molecule has 5 heteroatoms. The first-order valence-electron chi connectivity index (χ1n) is 5.01. The number of ether oxygens (including phenoxy) is 1. The molecule has 1 fully saturated rings. The Morgan fingerprint density at radius 2 is 2.33 bits per heavy atom. The Morgan fingerprint density at radius 3 is 2.93 bits per heavy atom. The van der Waals surface area contributed by atoms with E-state index in [1.807, 2.05) is 0 Å². The molecule has 1 saturated heterocycles. The highest BCUT2D eigenvalue weighted by atomic mass is 16.5. The van der Waals surface area contributed by atoms with Gasteiger partial charge in [0, 0.05) is 25.5 Å². The fourth-order valence-electron chi connectivity index (χ4n) is 1.50. The number of aldehydes is 1. The molecule has 1 aliphatic heterocycles. The summed E-state index contributed by atoms with van der Waals surface area (Å²) in [6.07, 6.45) is 6.19. The molecule has 5 nitrogen and oxygen atoms in total. The molecule has 1 aromatic rings. The maximum absolute atomic E-state index is 10.4. The van der Waals surface area contributed by atoms with Crippen LogP contribution in [-0.4, -0.2) is 35.5 Å². The van der Waals surface area contributed by atoms with Gasteiger partial charge in [0.15, 0.2) is 6.29 Å². The highest BCUT2D eigenvalue weighted by molar-refractivity contribution is 5.73. The Hall–Kier alpha value is -1.49. The van der Waals surface area contributed by atoms with Gasteiger partial charge < -0.3 is 10.1 Å². The van der Waals surface area contributed by atoms with Gasteiger partial charge in [0.1, 0.15) is 0 Å². The molecule has 0 aromatic carbocycles. The Balaban J connectivity index is 1.84. The number of anilines is 1. The zero-order valence-electron chi connectivity index (χ0n) is 8.35. The van der Waals surface area contributed by atoms with E-state index in [2.05, 4.69) is 15.3 Å². The Bertz CT molecular complexity index is 320. The van der Waals surface area contributed by atoms with Gasteiger partial charge in [0.05, 0.1) is 11.7 Å². The fraction of sp³-hybridized carbons (Fsp3) is 0.500. The predicted octanol–water partition coefficient (Wildman–Crippen LogP) is 0.880. The van der Waals surface area contributed by atoms with E-state index < -0.39 is 0 Å².